The molecule has 0 spiro atoms. The van der Waals surface area contributed by atoms with Gasteiger partial charge in [0.05, 0.1) is 23.6 Å². The second-order valence-electron chi connectivity index (χ2n) is 9.74. The summed E-state index contributed by atoms with van der Waals surface area (Å²) >= 11 is 1.24. The normalized spacial score (nSPS) is 22.0. The van der Waals surface area contributed by atoms with Crippen molar-refractivity contribution >= 4 is 38.8 Å². The predicted molar refractivity (Wildman–Crippen MR) is 139 cm³/mol. The van der Waals surface area contributed by atoms with Crippen molar-refractivity contribution in [1.82, 2.24) is 15.6 Å². The lowest BCUT2D eigenvalue weighted by Gasteiger charge is -2.39. The number of carbonyl (C=O) groups excluding carboxylic acids is 1. The second kappa shape index (κ2) is 9.91. The molecule has 1 unspecified atom stereocenters. The Labute approximate surface area is 213 Å². The lowest BCUT2D eigenvalue weighted by Crippen LogP contribution is -2.50. The van der Waals surface area contributed by atoms with E-state index in [0.717, 1.165) is 11.1 Å². The number of ether oxygens (including phenoxy) is 1. The molecule has 1 aliphatic heterocycles. The molecular weight excluding hydrogens is 484 g/mol. The summed E-state index contributed by atoms with van der Waals surface area (Å²) in [5, 5.41) is 6.82. The van der Waals surface area contributed by atoms with Crippen molar-refractivity contribution < 1.29 is 18.3 Å². The fourth-order valence-electron chi connectivity index (χ4n) is 5.29. The Morgan fingerprint density at radius 2 is 2.11 bits per heavy atom. The van der Waals surface area contributed by atoms with E-state index < -0.39 is 5.82 Å². The van der Waals surface area contributed by atoms with E-state index in [2.05, 4.69) is 15.6 Å². The third kappa shape index (κ3) is 4.65. The highest BCUT2D eigenvalue weighted by Crippen LogP contribution is 2.35. The van der Waals surface area contributed by atoms with Crippen LogP contribution in [0.2, 0.25) is 0 Å². The molecule has 3 aromatic rings. The van der Waals surface area contributed by atoms with E-state index in [1.54, 1.807) is 0 Å². The number of amides is 1. The van der Waals surface area contributed by atoms with Gasteiger partial charge in [-0.25, -0.2) is 13.8 Å². The number of hydrogen-bond donors (Lipinski definition) is 3. The molecule has 3 atom stereocenters. The molecule has 1 aliphatic carbocycles. The number of aryl methyl sites for hydroxylation is 1. The number of anilines is 2. The van der Waals surface area contributed by atoms with Gasteiger partial charge in [-0.3, -0.25) is 4.79 Å². The number of fused-ring (bicyclic) bond motifs is 2. The highest BCUT2D eigenvalue weighted by atomic mass is 32.1. The molecule has 0 radical (unpaired) electrons. The summed E-state index contributed by atoms with van der Waals surface area (Å²) in [5.41, 5.74) is 8.49. The van der Waals surface area contributed by atoms with Gasteiger partial charge in [-0.05, 0) is 63.4 Å². The second-order valence-corrected chi connectivity index (χ2v) is 10.7. The van der Waals surface area contributed by atoms with Crippen molar-refractivity contribution in [2.75, 3.05) is 37.3 Å². The molecule has 36 heavy (non-hydrogen) atoms. The first kappa shape index (κ1) is 24.9. The zero-order valence-electron chi connectivity index (χ0n) is 20.7. The lowest BCUT2D eigenvalue weighted by molar-refractivity contribution is -0.0140. The van der Waals surface area contributed by atoms with Crippen LogP contribution in [0.3, 0.4) is 0 Å². The average molecular weight is 516 g/mol. The molecule has 0 bridgehead atoms. The monoisotopic (exact) mass is 515 g/mol. The number of thiophene rings is 1. The number of hydrogen-bond acceptors (Lipinski definition) is 7. The SMILES string of the molecule is CNC[C@@H]1CN(c2cc(F)c3c(c2F)CC[C@H](NC(=O)c2sc4nc(C)ccc4c2N)C3)CC(C)O1. The molecule has 2 aliphatic rings. The van der Waals surface area contributed by atoms with Crippen LogP contribution < -0.4 is 21.3 Å². The third-order valence-electron chi connectivity index (χ3n) is 6.97. The zero-order chi connectivity index (χ0) is 25.6. The number of nitrogens with zero attached hydrogens (tertiary/aromatic N) is 2. The fraction of sp³-hybridized carbons (Fsp3) is 0.462. The number of morpholine rings is 1. The first-order valence-corrected chi connectivity index (χ1v) is 13.1. The number of pyridine rings is 1. The van der Waals surface area contributed by atoms with Crippen molar-refractivity contribution in [1.29, 1.82) is 0 Å². The van der Waals surface area contributed by atoms with Crippen LogP contribution in [0.15, 0.2) is 18.2 Å². The van der Waals surface area contributed by atoms with Crippen LogP contribution in [0.1, 0.15) is 39.8 Å². The Morgan fingerprint density at radius 1 is 1.31 bits per heavy atom. The number of likely N-dealkylation sites (N-methyl/N-ethyl adjacent to an activating group) is 1. The van der Waals surface area contributed by atoms with Crippen molar-refractivity contribution in [3.8, 4) is 0 Å². The molecule has 10 heteroatoms. The van der Waals surface area contributed by atoms with E-state index in [9.17, 15) is 4.79 Å². The third-order valence-corrected chi connectivity index (χ3v) is 8.09. The number of rotatable bonds is 5. The summed E-state index contributed by atoms with van der Waals surface area (Å²) in [4.78, 5) is 20.5. The largest absolute Gasteiger partial charge is 0.397 e. The van der Waals surface area contributed by atoms with E-state index in [0.29, 0.717) is 59.0 Å². The van der Waals surface area contributed by atoms with Gasteiger partial charge in [0, 0.05) is 42.8 Å². The number of aromatic nitrogens is 1. The number of carbonyl (C=O) groups is 1. The highest BCUT2D eigenvalue weighted by molar-refractivity contribution is 7.21. The van der Waals surface area contributed by atoms with E-state index in [1.165, 1.54) is 17.4 Å². The van der Waals surface area contributed by atoms with Crippen LogP contribution >= 0.6 is 11.3 Å². The van der Waals surface area contributed by atoms with Gasteiger partial charge in [-0.2, -0.15) is 0 Å². The minimum absolute atomic E-state index is 0.0874. The van der Waals surface area contributed by atoms with Gasteiger partial charge in [-0.1, -0.05) is 0 Å². The molecule has 192 valence electrons. The Morgan fingerprint density at radius 3 is 2.89 bits per heavy atom. The highest BCUT2D eigenvalue weighted by Gasteiger charge is 2.32. The Kier molecular flexibility index (Phi) is 6.84. The number of nitrogen functional groups attached to an aromatic ring is 1. The summed E-state index contributed by atoms with van der Waals surface area (Å²) in [5.74, 6) is -1.12. The standard InChI is InChI=1S/C26H31F2N5O2S/c1-13-4-6-18-23(29)24(36-26(18)31-13)25(34)32-15-5-7-17-19(8-15)20(27)9-21(22(17)28)33-11-14(2)35-16(12-33)10-30-3/h4,6,9,14-16,30H,5,7-8,10-12,29H2,1-3H3,(H,32,34)/t14?,15-,16+/m0/s1. The maximum atomic E-state index is 15.6. The van der Waals surface area contributed by atoms with Gasteiger partial charge in [0.2, 0.25) is 0 Å². The summed E-state index contributed by atoms with van der Waals surface area (Å²) in [7, 11) is 1.84. The smallest absolute Gasteiger partial charge is 0.263 e. The van der Waals surface area contributed by atoms with Crippen LogP contribution in [0, 0.1) is 18.6 Å². The molecule has 1 aromatic carbocycles. The fourth-order valence-corrected chi connectivity index (χ4v) is 6.34. The van der Waals surface area contributed by atoms with E-state index in [-0.39, 0.29) is 42.1 Å². The van der Waals surface area contributed by atoms with Gasteiger partial charge in [0.25, 0.3) is 5.91 Å². The molecule has 2 aromatic heterocycles. The Hall–Kier alpha value is -2.82. The predicted octanol–water partition coefficient (Wildman–Crippen LogP) is 3.57. The number of halogens is 2. The van der Waals surface area contributed by atoms with Crippen LogP contribution in [-0.2, 0) is 17.6 Å². The Balaban J connectivity index is 1.34. The lowest BCUT2D eigenvalue weighted by atomic mass is 9.86. The van der Waals surface area contributed by atoms with E-state index in [4.69, 9.17) is 10.5 Å². The quantitative estimate of drug-likeness (QED) is 0.481. The van der Waals surface area contributed by atoms with Crippen LogP contribution in [0.5, 0.6) is 0 Å². The van der Waals surface area contributed by atoms with Crippen molar-refractivity contribution in [2.45, 2.75) is 51.4 Å². The topological polar surface area (TPSA) is 92.5 Å². The van der Waals surface area contributed by atoms with Crippen LogP contribution in [0.4, 0.5) is 20.2 Å². The molecule has 4 N–H and O–H groups in total. The number of nitrogens with one attached hydrogen (secondary N) is 2. The van der Waals surface area contributed by atoms with Crippen LogP contribution in [-0.4, -0.2) is 55.8 Å². The van der Waals surface area contributed by atoms with Gasteiger partial charge in [-0.15, -0.1) is 11.3 Å². The molecule has 3 heterocycles. The average Bonchev–Trinajstić information content (AvgIpc) is 3.16. The summed E-state index contributed by atoms with van der Waals surface area (Å²) < 4.78 is 36.9. The molecular formula is C26H31F2N5O2S. The summed E-state index contributed by atoms with van der Waals surface area (Å²) in [6.45, 7) is 5.45. The summed E-state index contributed by atoms with van der Waals surface area (Å²) in [6.07, 6.45) is 0.906. The van der Waals surface area contributed by atoms with Gasteiger partial charge < -0.3 is 26.0 Å². The molecule has 0 saturated carbocycles. The minimum Gasteiger partial charge on any atom is -0.397 e. The number of nitrogens with two attached hydrogens (primary N) is 1. The maximum absolute atomic E-state index is 15.6. The molecule has 1 amide bonds. The summed E-state index contributed by atoms with van der Waals surface area (Å²) in [6, 6.07) is 4.70. The minimum atomic E-state index is -0.439. The van der Waals surface area contributed by atoms with Crippen molar-refractivity contribution in [3.05, 3.63) is 51.5 Å². The van der Waals surface area contributed by atoms with Crippen LogP contribution in [0.25, 0.3) is 10.2 Å². The van der Waals surface area contributed by atoms with Gasteiger partial charge >= 0.3 is 0 Å². The van der Waals surface area contributed by atoms with Gasteiger partial charge in [0.1, 0.15) is 21.3 Å². The van der Waals surface area contributed by atoms with Gasteiger partial charge in [0.15, 0.2) is 0 Å². The first-order valence-electron chi connectivity index (χ1n) is 12.3. The molecule has 5 rings (SSSR count). The molecule has 1 saturated heterocycles. The van der Waals surface area contributed by atoms with Crippen molar-refractivity contribution in [3.63, 3.8) is 0 Å². The van der Waals surface area contributed by atoms with E-state index >= 15 is 8.78 Å². The van der Waals surface area contributed by atoms with Crippen molar-refractivity contribution in [2.24, 2.45) is 0 Å². The zero-order valence-corrected chi connectivity index (χ0v) is 21.5. The first-order chi connectivity index (χ1) is 17.2. The molecule has 1 fully saturated rings. The number of benzene rings is 1. The molecule has 7 nitrogen and oxygen atoms in total. The maximum Gasteiger partial charge on any atom is 0.263 e. The van der Waals surface area contributed by atoms with E-state index in [1.807, 2.05) is 37.9 Å². The Bertz CT molecular complexity index is 1310.